The average Bonchev–Trinajstić information content (AvgIpc) is 2.86. The molecule has 1 aromatic heterocycles. The topological polar surface area (TPSA) is 42.4 Å². The zero-order chi connectivity index (χ0) is 14.8. The van der Waals surface area contributed by atoms with Crippen LogP contribution in [-0.2, 0) is 16.0 Å². The Kier molecular flexibility index (Phi) is 4.22. The maximum Gasteiger partial charge on any atom is 0.223 e. The second-order valence-corrected chi connectivity index (χ2v) is 6.75. The molecule has 0 radical (unpaired) electrons. The first-order chi connectivity index (χ1) is 10.1. The fraction of sp³-hybridized carbons (Fsp3) is 0.500. The van der Waals surface area contributed by atoms with Crippen molar-refractivity contribution < 1.29 is 9.53 Å². The van der Waals surface area contributed by atoms with E-state index in [0.29, 0.717) is 19.5 Å². The number of nitrogens with zero attached hydrogens (tertiary/aromatic N) is 2. The molecule has 112 valence electrons. The molecule has 1 aliphatic heterocycles. The molecule has 3 rings (SSSR count). The van der Waals surface area contributed by atoms with Gasteiger partial charge < -0.3 is 9.64 Å². The summed E-state index contributed by atoms with van der Waals surface area (Å²) in [6.07, 6.45) is 1.50. The van der Waals surface area contributed by atoms with Crippen LogP contribution in [-0.4, -0.2) is 41.1 Å². The van der Waals surface area contributed by atoms with Gasteiger partial charge in [0, 0.05) is 25.9 Å². The quantitative estimate of drug-likeness (QED) is 0.875. The fourth-order valence-electron chi connectivity index (χ4n) is 2.78. The zero-order valence-electron chi connectivity index (χ0n) is 12.4. The molecule has 1 aromatic carbocycles. The number of hydrogen-bond acceptors (Lipinski definition) is 4. The van der Waals surface area contributed by atoms with E-state index in [2.05, 4.69) is 11.1 Å². The van der Waals surface area contributed by atoms with Crippen molar-refractivity contribution in [3.8, 4) is 0 Å². The van der Waals surface area contributed by atoms with Crippen molar-refractivity contribution in [1.29, 1.82) is 0 Å². The molecule has 0 unspecified atom stereocenters. The number of amides is 1. The molecule has 0 N–H and O–H groups in total. The molecular weight excluding hydrogens is 284 g/mol. The molecular formula is C16H20N2O2S. The Bertz CT molecular complexity index is 597. The van der Waals surface area contributed by atoms with Gasteiger partial charge in [-0.25, -0.2) is 4.98 Å². The maximum absolute atomic E-state index is 12.3. The number of carbonyl (C=O) groups excluding carboxylic acids is 1. The van der Waals surface area contributed by atoms with Gasteiger partial charge in [0.15, 0.2) is 0 Å². The summed E-state index contributed by atoms with van der Waals surface area (Å²) in [6.45, 7) is 5.43. The summed E-state index contributed by atoms with van der Waals surface area (Å²) in [5, 5.41) is 1.04. The average molecular weight is 304 g/mol. The number of rotatable bonds is 3. The van der Waals surface area contributed by atoms with Crippen LogP contribution < -0.4 is 0 Å². The zero-order valence-corrected chi connectivity index (χ0v) is 13.2. The highest BCUT2D eigenvalue weighted by molar-refractivity contribution is 7.18. The molecule has 4 nitrogen and oxygen atoms in total. The number of carbonyl (C=O) groups is 1. The van der Waals surface area contributed by atoms with Gasteiger partial charge in [-0.15, -0.1) is 11.3 Å². The molecule has 2 heterocycles. The number of benzene rings is 1. The molecule has 2 atom stereocenters. The van der Waals surface area contributed by atoms with Crippen molar-refractivity contribution in [2.24, 2.45) is 0 Å². The van der Waals surface area contributed by atoms with E-state index in [9.17, 15) is 4.79 Å². The second kappa shape index (κ2) is 6.12. The summed E-state index contributed by atoms with van der Waals surface area (Å²) >= 11 is 1.68. The minimum absolute atomic E-state index is 0.125. The number of aromatic nitrogens is 1. The van der Waals surface area contributed by atoms with E-state index in [1.807, 2.05) is 36.9 Å². The second-order valence-electron chi connectivity index (χ2n) is 5.63. The molecule has 0 bridgehead atoms. The number of ether oxygens (including phenoxy) is 1. The van der Waals surface area contributed by atoms with E-state index < -0.39 is 0 Å². The Morgan fingerprint density at radius 1 is 1.33 bits per heavy atom. The van der Waals surface area contributed by atoms with Gasteiger partial charge in [-0.1, -0.05) is 12.1 Å². The Morgan fingerprint density at radius 2 is 2.05 bits per heavy atom. The van der Waals surface area contributed by atoms with Crippen LogP contribution in [0.1, 0.15) is 25.3 Å². The Balaban J connectivity index is 1.60. The van der Waals surface area contributed by atoms with Crippen LogP contribution in [0.15, 0.2) is 24.3 Å². The lowest BCUT2D eigenvalue weighted by Gasteiger charge is -2.35. The standard InChI is InChI=1S/C16H20N2O2S/c1-11-9-18(10-12(2)20-11)16(19)8-7-15-17-13-5-3-4-6-14(13)21-15/h3-6,11-12H,7-10H2,1-2H3/t11-,12-/m0/s1. The van der Waals surface area contributed by atoms with Crippen LogP contribution in [0, 0.1) is 0 Å². The van der Waals surface area contributed by atoms with E-state index in [-0.39, 0.29) is 18.1 Å². The van der Waals surface area contributed by atoms with Crippen LogP contribution in [0.4, 0.5) is 0 Å². The van der Waals surface area contributed by atoms with Gasteiger partial charge in [0.2, 0.25) is 5.91 Å². The van der Waals surface area contributed by atoms with Gasteiger partial charge in [-0.3, -0.25) is 4.79 Å². The van der Waals surface area contributed by atoms with Crippen LogP contribution in [0.5, 0.6) is 0 Å². The van der Waals surface area contributed by atoms with Crippen molar-refractivity contribution in [2.75, 3.05) is 13.1 Å². The minimum Gasteiger partial charge on any atom is -0.372 e. The largest absolute Gasteiger partial charge is 0.372 e. The van der Waals surface area contributed by atoms with Crippen LogP contribution in [0.2, 0.25) is 0 Å². The van der Waals surface area contributed by atoms with Crippen molar-refractivity contribution in [3.05, 3.63) is 29.3 Å². The first kappa shape index (κ1) is 14.5. The first-order valence-corrected chi connectivity index (χ1v) is 8.21. The van der Waals surface area contributed by atoms with Crippen molar-refractivity contribution in [2.45, 2.75) is 38.9 Å². The lowest BCUT2D eigenvalue weighted by molar-refractivity contribution is -0.143. The third kappa shape index (κ3) is 3.41. The lowest BCUT2D eigenvalue weighted by Crippen LogP contribution is -2.48. The number of fused-ring (bicyclic) bond motifs is 1. The van der Waals surface area contributed by atoms with Gasteiger partial charge in [0.1, 0.15) is 0 Å². The van der Waals surface area contributed by atoms with E-state index >= 15 is 0 Å². The normalized spacial score (nSPS) is 22.7. The summed E-state index contributed by atoms with van der Waals surface area (Å²) < 4.78 is 6.85. The summed E-state index contributed by atoms with van der Waals surface area (Å²) in [4.78, 5) is 18.8. The van der Waals surface area contributed by atoms with Gasteiger partial charge >= 0.3 is 0 Å². The number of thiazole rings is 1. The SMILES string of the molecule is C[C@H]1CN(C(=O)CCc2nc3ccccc3s2)C[C@H](C)O1. The van der Waals surface area contributed by atoms with E-state index in [1.165, 1.54) is 4.70 Å². The third-order valence-electron chi connectivity index (χ3n) is 3.66. The number of aryl methyl sites for hydroxylation is 1. The maximum atomic E-state index is 12.3. The van der Waals surface area contributed by atoms with Crippen molar-refractivity contribution >= 4 is 27.5 Å². The first-order valence-electron chi connectivity index (χ1n) is 7.39. The fourth-order valence-corrected chi connectivity index (χ4v) is 3.75. The summed E-state index contributed by atoms with van der Waals surface area (Å²) in [5.41, 5.74) is 1.03. The van der Waals surface area contributed by atoms with Crippen LogP contribution >= 0.6 is 11.3 Å². The molecule has 5 heteroatoms. The predicted molar refractivity (Wildman–Crippen MR) is 84.5 cm³/mol. The molecule has 1 aliphatic rings. The predicted octanol–water partition coefficient (Wildman–Crippen LogP) is 2.86. The van der Waals surface area contributed by atoms with Crippen molar-refractivity contribution in [3.63, 3.8) is 0 Å². The Morgan fingerprint density at radius 3 is 2.76 bits per heavy atom. The van der Waals surface area contributed by atoms with Gasteiger partial charge in [-0.2, -0.15) is 0 Å². The lowest BCUT2D eigenvalue weighted by atomic mass is 10.2. The van der Waals surface area contributed by atoms with E-state index in [1.54, 1.807) is 11.3 Å². The highest BCUT2D eigenvalue weighted by Crippen LogP contribution is 2.23. The smallest absolute Gasteiger partial charge is 0.223 e. The molecule has 0 spiro atoms. The molecule has 1 amide bonds. The molecule has 1 saturated heterocycles. The highest BCUT2D eigenvalue weighted by Gasteiger charge is 2.25. The highest BCUT2D eigenvalue weighted by atomic mass is 32.1. The number of hydrogen-bond donors (Lipinski definition) is 0. The number of morpholine rings is 1. The molecule has 2 aromatic rings. The molecule has 0 aliphatic carbocycles. The summed E-state index contributed by atoms with van der Waals surface area (Å²) in [7, 11) is 0. The van der Waals surface area contributed by atoms with Gasteiger partial charge in [0.05, 0.1) is 27.4 Å². The van der Waals surface area contributed by atoms with Gasteiger partial charge in [0.25, 0.3) is 0 Å². The molecule has 0 saturated carbocycles. The Labute approximate surface area is 128 Å². The molecule has 21 heavy (non-hydrogen) atoms. The Hall–Kier alpha value is -1.46. The van der Waals surface area contributed by atoms with Gasteiger partial charge in [-0.05, 0) is 26.0 Å². The monoisotopic (exact) mass is 304 g/mol. The number of para-hydroxylation sites is 1. The summed E-state index contributed by atoms with van der Waals surface area (Å²) in [5.74, 6) is 0.205. The van der Waals surface area contributed by atoms with Crippen molar-refractivity contribution in [1.82, 2.24) is 9.88 Å². The van der Waals surface area contributed by atoms with E-state index in [4.69, 9.17) is 4.74 Å². The molecule has 1 fully saturated rings. The van der Waals surface area contributed by atoms with Crippen LogP contribution in [0.25, 0.3) is 10.2 Å². The van der Waals surface area contributed by atoms with E-state index in [0.717, 1.165) is 16.9 Å². The minimum atomic E-state index is 0.125. The van der Waals surface area contributed by atoms with Crippen LogP contribution in [0.3, 0.4) is 0 Å². The summed E-state index contributed by atoms with van der Waals surface area (Å²) in [6, 6.07) is 8.10. The third-order valence-corrected chi connectivity index (χ3v) is 4.76.